The first-order valence-electron chi connectivity index (χ1n) is 6.41. The van der Waals surface area contributed by atoms with Crippen LogP contribution in [0.2, 0.25) is 0 Å². The van der Waals surface area contributed by atoms with Crippen LogP contribution < -0.4 is 10.2 Å². The maximum atomic E-state index is 4.46. The van der Waals surface area contributed by atoms with Crippen molar-refractivity contribution in [3.63, 3.8) is 0 Å². The third-order valence-electron chi connectivity index (χ3n) is 2.82. The van der Waals surface area contributed by atoms with Crippen molar-refractivity contribution < 1.29 is 0 Å². The van der Waals surface area contributed by atoms with Gasteiger partial charge in [0, 0.05) is 32.0 Å². The summed E-state index contributed by atoms with van der Waals surface area (Å²) in [6, 6.07) is 3.93. The van der Waals surface area contributed by atoms with Gasteiger partial charge in [-0.3, -0.25) is 4.98 Å². The van der Waals surface area contributed by atoms with Crippen molar-refractivity contribution in [1.29, 1.82) is 0 Å². The molecule has 2 heterocycles. The molecule has 0 aliphatic carbocycles. The lowest BCUT2D eigenvalue weighted by Gasteiger charge is -2.18. The summed E-state index contributed by atoms with van der Waals surface area (Å²) >= 11 is 0. The van der Waals surface area contributed by atoms with Crippen molar-refractivity contribution in [3.8, 4) is 0 Å². The molecule has 0 saturated carbocycles. The molecule has 2 rings (SSSR count). The fourth-order valence-corrected chi connectivity index (χ4v) is 1.71. The third kappa shape index (κ3) is 3.61. The quantitative estimate of drug-likeness (QED) is 0.851. The molecule has 0 saturated heterocycles. The van der Waals surface area contributed by atoms with Gasteiger partial charge in [0.25, 0.3) is 0 Å². The van der Waals surface area contributed by atoms with E-state index >= 15 is 0 Å². The van der Waals surface area contributed by atoms with Gasteiger partial charge in [-0.25, -0.2) is 0 Å². The summed E-state index contributed by atoms with van der Waals surface area (Å²) in [5.41, 5.74) is 1.15. The number of hydrogen-bond donors (Lipinski definition) is 1. The van der Waals surface area contributed by atoms with Crippen LogP contribution in [0, 0.1) is 0 Å². The Labute approximate surface area is 112 Å². The molecule has 0 atom stereocenters. The summed E-state index contributed by atoms with van der Waals surface area (Å²) < 4.78 is 0. The Bertz CT molecular complexity index is 497. The Morgan fingerprint density at radius 2 is 1.89 bits per heavy atom. The van der Waals surface area contributed by atoms with Crippen LogP contribution in [-0.2, 0) is 6.54 Å². The Hall–Kier alpha value is -2.24. The molecule has 0 aliphatic rings. The van der Waals surface area contributed by atoms with E-state index in [1.165, 1.54) is 0 Å². The van der Waals surface area contributed by atoms with Crippen molar-refractivity contribution in [2.45, 2.75) is 20.4 Å². The highest BCUT2D eigenvalue weighted by atomic mass is 15.3. The summed E-state index contributed by atoms with van der Waals surface area (Å²) in [5.74, 6) is 1.39. The minimum Gasteiger partial charge on any atom is -0.365 e. The monoisotopic (exact) mass is 258 g/mol. The molecule has 0 bridgehead atoms. The van der Waals surface area contributed by atoms with Crippen LogP contribution in [0.25, 0.3) is 0 Å². The van der Waals surface area contributed by atoms with Crippen LogP contribution in [0.3, 0.4) is 0 Å². The van der Waals surface area contributed by atoms with E-state index in [4.69, 9.17) is 0 Å². The van der Waals surface area contributed by atoms with Crippen molar-refractivity contribution in [2.24, 2.45) is 0 Å². The van der Waals surface area contributed by atoms with Gasteiger partial charge in [-0.1, -0.05) is 0 Å². The second kappa shape index (κ2) is 6.63. The first-order chi connectivity index (χ1) is 9.33. The van der Waals surface area contributed by atoms with Crippen molar-refractivity contribution in [1.82, 2.24) is 20.2 Å². The minimum absolute atomic E-state index is 0.657. The summed E-state index contributed by atoms with van der Waals surface area (Å²) in [7, 11) is 0. The standard InChI is InChI=1S/C13H18N6/c1-3-19(4-2)13-17-12(10-16-18-13)15-9-11-5-7-14-8-6-11/h5-8,10H,3-4,9H2,1-2H3,(H,15,17,18). The molecule has 0 radical (unpaired) electrons. The Morgan fingerprint density at radius 3 is 2.58 bits per heavy atom. The first kappa shape index (κ1) is 13.2. The van der Waals surface area contributed by atoms with Crippen LogP contribution in [0.5, 0.6) is 0 Å². The minimum atomic E-state index is 0.657. The second-order valence-corrected chi connectivity index (χ2v) is 4.02. The Kier molecular flexibility index (Phi) is 4.60. The predicted molar refractivity (Wildman–Crippen MR) is 75.0 cm³/mol. The number of aromatic nitrogens is 4. The lowest BCUT2D eigenvalue weighted by Crippen LogP contribution is -2.24. The largest absolute Gasteiger partial charge is 0.365 e. The van der Waals surface area contributed by atoms with Crippen LogP contribution in [0.4, 0.5) is 11.8 Å². The molecule has 0 amide bonds. The molecular weight excluding hydrogens is 240 g/mol. The van der Waals surface area contributed by atoms with Crippen molar-refractivity contribution in [3.05, 3.63) is 36.3 Å². The normalized spacial score (nSPS) is 10.2. The number of nitrogens with zero attached hydrogens (tertiary/aromatic N) is 5. The van der Waals surface area contributed by atoms with E-state index in [9.17, 15) is 0 Å². The van der Waals surface area contributed by atoms with Gasteiger partial charge in [-0.15, -0.1) is 5.10 Å². The van der Waals surface area contributed by atoms with Crippen LogP contribution in [0.15, 0.2) is 30.7 Å². The number of nitrogens with one attached hydrogen (secondary N) is 1. The molecule has 6 nitrogen and oxygen atoms in total. The van der Waals surface area contributed by atoms with Gasteiger partial charge in [0.1, 0.15) is 0 Å². The summed E-state index contributed by atoms with van der Waals surface area (Å²) in [6.45, 7) is 6.57. The maximum Gasteiger partial charge on any atom is 0.247 e. The summed E-state index contributed by atoms with van der Waals surface area (Å²) in [5, 5.41) is 11.3. The molecular formula is C13H18N6. The third-order valence-corrected chi connectivity index (χ3v) is 2.82. The summed E-state index contributed by atoms with van der Waals surface area (Å²) in [4.78, 5) is 10.5. The molecule has 6 heteroatoms. The smallest absolute Gasteiger partial charge is 0.247 e. The molecule has 2 aromatic rings. The molecule has 0 spiro atoms. The predicted octanol–water partition coefficient (Wildman–Crippen LogP) is 1.72. The van der Waals surface area contributed by atoms with E-state index in [0.717, 1.165) is 24.5 Å². The Morgan fingerprint density at radius 1 is 1.16 bits per heavy atom. The van der Waals surface area contributed by atoms with Crippen LogP contribution >= 0.6 is 0 Å². The second-order valence-electron chi connectivity index (χ2n) is 4.02. The fourth-order valence-electron chi connectivity index (χ4n) is 1.71. The van der Waals surface area contributed by atoms with Gasteiger partial charge >= 0.3 is 0 Å². The Balaban J connectivity index is 2.03. The average Bonchev–Trinajstić information content (AvgIpc) is 2.48. The molecule has 0 aromatic carbocycles. The molecule has 0 unspecified atom stereocenters. The molecule has 2 aromatic heterocycles. The zero-order valence-electron chi connectivity index (χ0n) is 11.2. The average molecular weight is 258 g/mol. The highest BCUT2D eigenvalue weighted by Crippen LogP contribution is 2.09. The number of pyridine rings is 1. The van der Waals surface area contributed by atoms with Gasteiger partial charge in [0.05, 0.1) is 6.20 Å². The number of rotatable bonds is 6. The van der Waals surface area contributed by atoms with E-state index in [0.29, 0.717) is 12.5 Å². The maximum absolute atomic E-state index is 4.46. The van der Waals surface area contributed by atoms with Gasteiger partial charge in [-0.05, 0) is 31.5 Å². The van der Waals surface area contributed by atoms with E-state index in [2.05, 4.69) is 44.2 Å². The molecule has 1 N–H and O–H groups in total. The highest BCUT2D eigenvalue weighted by Gasteiger charge is 2.06. The first-order valence-corrected chi connectivity index (χ1v) is 6.41. The topological polar surface area (TPSA) is 66.8 Å². The van der Waals surface area contributed by atoms with E-state index < -0.39 is 0 Å². The van der Waals surface area contributed by atoms with Gasteiger partial charge in [0.2, 0.25) is 5.95 Å². The SMILES string of the molecule is CCN(CC)c1nncc(NCc2ccncc2)n1. The zero-order valence-corrected chi connectivity index (χ0v) is 11.2. The van der Waals surface area contributed by atoms with Gasteiger partial charge in [0.15, 0.2) is 5.82 Å². The van der Waals surface area contributed by atoms with E-state index in [-0.39, 0.29) is 0 Å². The summed E-state index contributed by atoms with van der Waals surface area (Å²) in [6.07, 6.45) is 5.18. The lowest BCUT2D eigenvalue weighted by atomic mass is 10.3. The fraction of sp³-hybridized carbons (Fsp3) is 0.385. The van der Waals surface area contributed by atoms with E-state index in [1.54, 1.807) is 18.6 Å². The van der Waals surface area contributed by atoms with Gasteiger partial charge in [-0.2, -0.15) is 10.1 Å². The molecule has 100 valence electrons. The number of anilines is 2. The highest BCUT2D eigenvalue weighted by molar-refractivity contribution is 5.39. The number of hydrogen-bond acceptors (Lipinski definition) is 6. The molecule has 0 aliphatic heterocycles. The van der Waals surface area contributed by atoms with Crippen LogP contribution in [-0.4, -0.2) is 33.3 Å². The zero-order chi connectivity index (χ0) is 13.5. The van der Waals surface area contributed by atoms with E-state index in [1.807, 2.05) is 12.1 Å². The lowest BCUT2D eigenvalue weighted by molar-refractivity contribution is 0.794. The molecule has 0 fully saturated rings. The van der Waals surface area contributed by atoms with Gasteiger partial charge < -0.3 is 10.2 Å². The van der Waals surface area contributed by atoms with Crippen LogP contribution in [0.1, 0.15) is 19.4 Å². The van der Waals surface area contributed by atoms with Crippen molar-refractivity contribution >= 4 is 11.8 Å². The van der Waals surface area contributed by atoms with Crippen molar-refractivity contribution in [2.75, 3.05) is 23.3 Å². The molecule has 19 heavy (non-hydrogen) atoms.